The van der Waals surface area contributed by atoms with Crippen molar-refractivity contribution in [2.75, 3.05) is 26.2 Å². The Kier molecular flexibility index (Phi) is 6.46. The third kappa shape index (κ3) is 4.53. The molecule has 37 heavy (non-hydrogen) atoms. The van der Waals surface area contributed by atoms with E-state index in [1.54, 1.807) is 11.6 Å². The van der Waals surface area contributed by atoms with Crippen molar-refractivity contribution >= 4 is 22.8 Å². The number of fused-ring (bicyclic) bond motifs is 1. The summed E-state index contributed by atoms with van der Waals surface area (Å²) in [5.74, 6) is -0.0700. The van der Waals surface area contributed by atoms with Crippen LogP contribution in [0, 0.1) is 0 Å². The van der Waals surface area contributed by atoms with E-state index in [9.17, 15) is 14.4 Å². The summed E-state index contributed by atoms with van der Waals surface area (Å²) in [5.41, 5.74) is 4.82. The molecule has 2 amide bonds. The molecule has 2 N–H and O–H groups in total. The molecule has 8 nitrogen and oxygen atoms in total. The van der Waals surface area contributed by atoms with Gasteiger partial charge in [-0.2, -0.15) is 0 Å². The monoisotopic (exact) mass is 501 g/mol. The van der Waals surface area contributed by atoms with Crippen molar-refractivity contribution in [2.45, 2.75) is 56.5 Å². The van der Waals surface area contributed by atoms with E-state index in [-0.39, 0.29) is 18.0 Å². The Morgan fingerprint density at radius 1 is 0.811 bits per heavy atom. The second kappa shape index (κ2) is 9.91. The molecule has 1 aromatic heterocycles. The average Bonchev–Trinajstić information content (AvgIpc) is 3.18. The van der Waals surface area contributed by atoms with Crippen LogP contribution in [0.1, 0.15) is 56.0 Å². The van der Waals surface area contributed by atoms with Crippen LogP contribution in [0.2, 0.25) is 0 Å². The van der Waals surface area contributed by atoms with Crippen LogP contribution in [0.5, 0.6) is 0 Å². The van der Waals surface area contributed by atoms with E-state index in [4.69, 9.17) is 0 Å². The molecule has 3 aromatic rings. The van der Waals surface area contributed by atoms with Crippen LogP contribution in [0.3, 0.4) is 0 Å². The molecule has 6 rings (SSSR count). The van der Waals surface area contributed by atoms with Gasteiger partial charge in [0.15, 0.2) is 0 Å². The molecule has 2 saturated heterocycles. The number of hydrogen-bond donors (Lipinski definition) is 2. The van der Waals surface area contributed by atoms with Crippen LogP contribution in [0.15, 0.2) is 47.3 Å². The maximum atomic E-state index is 13.1. The van der Waals surface area contributed by atoms with Crippen molar-refractivity contribution in [3.05, 3.63) is 58.5 Å². The minimum atomic E-state index is -0.666. The molecule has 1 aliphatic carbocycles. The van der Waals surface area contributed by atoms with Crippen LogP contribution < -0.4 is 16.3 Å². The number of carbonyl (C=O) groups is 2. The average molecular weight is 502 g/mol. The summed E-state index contributed by atoms with van der Waals surface area (Å²) in [6.07, 6.45) is 5.62. The summed E-state index contributed by atoms with van der Waals surface area (Å²) in [6.45, 7) is 4.58. The van der Waals surface area contributed by atoms with E-state index in [1.807, 2.05) is 18.2 Å². The van der Waals surface area contributed by atoms with Gasteiger partial charge in [-0.3, -0.25) is 28.9 Å². The summed E-state index contributed by atoms with van der Waals surface area (Å²) in [7, 11) is 1.73. The Balaban J connectivity index is 1.19. The zero-order valence-electron chi connectivity index (χ0n) is 21.4. The molecular weight excluding hydrogens is 466 g/mol. The smallest absolute Gasteiger partial charge is 0.314 e. The first-order valence-corrected chi connectivity index (χ1v) is 13.6. The highest BCUT2D eigenvalue weighted by Crippen LogP contribution is 2.36. The first-order valence-electron chi connectivity index (χ1n) is 13.6. The van der Waals surface area contributed by atoms with Gasteiger partial charge in [0.05, 0.1) is 11.0 Å². The number of piperazine rings is 1. The number of nitrogens with zero attached hydrogens (tertiary/aromatic N) is 3. The molecule has 194 valence electrons. The Morgan fingerprint density at radius 2 is 1.51 bits per heavy atom. The molecular formula is C29H35N5O3. The number of aryl methyl sites for hydroxylation is 1. The van der Waals surface area contributed by atoms with Crippen LogP contribution >= 0.6 is 0 Å². The molecule has 8 heteroatoms. The van der Waals surface area contributed by atoms with Crippen LogP contribution in [-0.2, 0) is 16.6 Å². The lowest BCUT2D eigenvalue weighted by molar-refractivity contribution is -0.135. The molecule has 0 radical (unpaired) electrons. The normalized spacial score (nSPS) is 25.4. The van der Waals surface area contributed by atoms with Gasteiger partial charge < -0.3 is 5.32 Å². The van der Waals surface area contributed by atoms with Gasteiger partial charge >= 0.3 is 5.69 Å². The maximum Gasteiger partial charge on any atom is 0.329 e. The number of rotatable bonds is 4. The van der Waals surface area contributed by atoms with Gasteiger partial charge in [0.25, 0.3) is 0 Å². The second-order valence-electron chi connectivity index (χ2n) is 10.8. The first kappa shape index (κ1) is 24.1. The number of hydrogen-bond acceptors (Lipinski definition) is 5. The fourth-order valence-corrected chi connectivity index (χ4v) is 6.54. The van der Waals surface area contributed by atoms with Gasteiger partial charge in [0, 0.05) is 45.7 Å². The van der Waals surface area contributed by atoms with Crippen molar-refractivity contribution < 1.29 is 9.59 Å². The number of benzene rings is 2. The molecule has 2 aromatic carbocycles. The number of aromatic nitrogens is 2. The fraction of sp³-hybridized carbons (Fsp3) is 0.483. The minimum absolute atomic E-state index is 0.237. The predicted molar refractivity (Wildman–Crippen MR) is 143 cm³/mol. The lowest BCUT2D eigenvalue weighted by Crippen LogP contribution is -2.49. The fourth-order valence-electron chi connectivity index (χ4n) is 6.54. The summed E-state index contributed by atoms with van der Waals surface area (Å²) < 4.78 is 3.12. The summed E-state index contributed by atoms with van der Waals surface area (Å²) in [5, 5.41) is 5.82. The first-order chi connectivity index (χ1) is 18.0. The van der Waals surface area contributed by atoms with Crippen molar-refractivity contribution in [2.24, 2.45) is 7.05 Å². The maximum absolute atomic E-state index is 13.1. The van der Waals surface area contributed by atoms with Gasteiger partial charge in [0.2, 0.25) is 11.8 Å². The van der Waals surface area contributed by atoms with Crippen molar-refractivity contribution in [1.29, 1.82) is 0 Å². The van der Waals surface area contributed by atoms with E-state index in [1.165, 1.54) is 48.9 Å². The van der Waals surface area contributed by atoms with Gasteiger partial charge in [-0.15, -0.1) is 0 Å². The van der Waals surface area contributed by atoms with Crippen LogP contribution in [0.4, 0.5) is 0 Å². The standard InChI is InChI=1S/C29H35N5O3/c1-32-26-18-22(8-11-24(26)34(29(32)37)25-12-13-27(35)31-28(25)36)21-4-2-19(3-5-21)20-6-9-23(10-7-20)33-16-14-30-15-17-33/h2-5,8,11,18,20,23,25,30H,6-7,9-10,12-17H2,1H3,(H,31,35,36)/t20-,23+,25?. The van der Waals surface area contributed by atoms with Crippen LogP contribution in [-0.4, -0.2) is 58.1 Å². The molecule has 0 spiro atoms. The largest absolute Gasteiger partial charge is 0.329 e. The Labute approximate surface area is 216 Å². The van der Waals surface area contributed by atoms with Crippen molar-refractivity contribution in [3.8, 4) is 11.1 Å². The van der Waals surface area contributed by atoms with E-state index in [0.717, 1.165) is 35.8 Å². The minimum Gasteiger partial charge on any atom is -0.314 e. The molecule has 2 aliphatic heterocycles. The number of piperidine rings is 1. The lowest BCUT2D eigenvalue weighted by atomic mass is 9.81. The predicted octanol–water partition coefficient (Wildman–Crippen LogP) is 2.92. The van der Waals surface area contributed by atoms with Crippen molar-refractivity contribution in [3.63, 3.8) is 0 Å². The Morgan fingerprint density at radius 3 is 2.22 bits per heavy atom. The van der Waals surface area contributed by atoms with Crippen molar-refractivity contribution in [1.82, 2.24) is 24.7 Å². The number of carbonyl (C=O) groups excluding carboxylic acids is 2. The molecule has 1 saturated carbocycles. The van der Waals surface area contributed by atoms with E-state index in [0.29, 0.717) is 17.9 Å². The van der Waals surface area contributed by atoms with Gasteiger partial charge in [-0.05, 0) is 66.8 Å². The van der Waals surface area contributed by atoms with E-state index < -0.39 is 11.9 Å². The van der Waals surface area contributed by atoms with E-state index in [2.05, 4.69) is 39.8 Å². The zero-order valence-corrected chi connectivity index (χ0v) is 21.4. The van der Waals surface area contributed by atoms with Gasteiger partial charge in [0.1, 0.15) is 6.04 Å². The lowest BCUT2D eigenvalue weighted by Gasteiger charge is -2.39. The summed E-state index contributed by atoms with van der Waals surface area (Å²) in [4.78, 5) is 39.8. The highest BCUT2D eigenvalue weighted by atomic mass is 16.2. The van der Waals surface area contributed by atoms with Gasteiger partial charge in [-0.25, -0.2) is 4.79 Å². The molecule has 3 heterocycles. The summed E-state index contributed by atoms with van der Waals surface area (Å²) >= 11 is 0. The van der Waals surface area contributed by atoms with Gasteiger partial charge in [-0.1, -0.05) is 30.3 Å². The molecule has 3 aliphatic rings. The number of imide groups is 1. The number of amides is 2. The molecule has 1 atom stereocenters. The SMILES string of the molecule is Cn1c(=O)n(C2CCC(=O)NC2=O)c2ccc(-c3ccc([C@H]4CC[C@@H](N5CCNCC5)CC4)cc3)cc21. The highest BCUT2D eigenvalue weighted by Gasteiger charge is 2.31. The summed E-state index contributed by atoms with van der Waals surface area (Å²) in [6, 6.07) is 14.9. The number of nitrogens with one attached hydrogen (secondary N) is 2. The van der Waals surface area contributed by atoms with E-state index >= 15 is 0 Å². The molecule has 0 bridgehead atoms. The third-order valence-electron chi connectivity index (χ3n) is 8.69. The molecule has 1 unspecified atom stereocenters. The zero-order chi connectivity index (χ0) is 25.5. The molecule has 3 fully saturated rings. The van der Waals surface area contributed by atoms with Crippen LogP contribution in [0.25, 0.3) is 22.2 Å². The quantitative estimate of drug-likeness (QED) is 0.537. The topological polar surface area (TPSA) is 88.4 Å². The Bertz CT molecular complexity index is 1380. The third-order valence-corrected chi connectivity index (χ3v) is 8.69. The Hall–Kier alpha value is -3.23. The number of imidazole rings is 1. The highest BCUT2D eigenvalue weighted by molar-refractivity contribution is 6.00. The second-order valence-corrected chi connectivity index (χ2v) is 10.8.